The Labute approximate surface area is 286 Å². The molecule has 49 heavy (non-hydrogen) atoms. The molecule has 3 aliphatic heterocycles. The van der Waals surface area contributed by atoms with Gasteiger partial charge in [0.1, 0.15) is 0 Å². The maximum absolute atomic E-state index is 2.72. The summed E-state index contributed by atoms with van der Waals surface area (Å²) in [6.45, 7) is 9.72. The van der Waals surface area contributed by atoms with Crippen molar-refractivity contribution in [3.05, 3.63) is 150 Å². The van der Waals surface area contributed by atoms with Crippen LogP contribution in [-0.4, -0.2) is 11.3 Å². The first kappa shape index (κ1) is 26.4. The molecule has 7 aromatic carbocycles. The number of benzene rings is 7. The van der Waals surface area contributed by atoms with E-state index in [0.29, 0.717) is 0 Å². The molecule has 0 spiro atoms. The third-order valence-corrected chi connectivity index (χ3v) is 12.7. The highest BCUT2D eigenvalue weighted by Crippen LogP contribution is 2.60. The molecule has 0 amide bonds. The molecule has 4 heterocycles. The molecule has 1 aliphatic carbocycles. The first-order valence-corrected chi connectivity index (χ1v) is 17.7. The first-order valence-electron chi connectivity index (χ1n) is 17.7. The van der Waals surface area contributed by atoms with E-state index in [0.717, 1.165) is 0 Å². The summed E-state index contributed by atoms with van der Waals surface area (Å²) < 4.78 is 2.72. The van der Waals surface area contributed by atoms with Gasteiger partial charge in [-0.1, -0.05) is 131 Å². The average molecular weight is 625 g/mol. The molecule has 0 fully saturated rings. The molecular formula is C46H33BN2. The van der Waals surface area contributed by atoms with Crippen molar-refractivity contribution in [1.29, 1.82) is 0 Å². The van der Waals surface area contributed by atoms with E-state index in [2.05, 4.69) is 164 Å². The van der Waals surface area contributed by atoms with Crippen LogP contribution in [0.4, 0.5) is 17.1 Å². The maximum atomic E-state index is 2.72. The van der Waals surface area contributed by atoms with E-state index in [9.17, 15) is 0 Å². The van der Waals surface area contributed by atoms with Crippen LogP contribution < -0.4 is 15.8 Å². The summed E-state index contributed by atoms with van der Waals surface area (Å²) >= 11 is 0. The van der Waals surface area contributed by atoms with Crippen LogP contribution in [0.2, 0.25) is 0 Å². The second kappa shape index (κ2) is 8.36. The van der Waals surface area contributed by atoms with E-state index < -0.39 is 0 Å². The van der Waals surface area contributed by atoms with Gasteiger partial charge in [0.05, 0.1) is 11.4 Å². The van der Waals surface area contributed by atoms with E-state index in [1.807, 2.05) is 0 Å². The highest BCUT2D eigenvalue weighted by Gasteiger charge is 2.51. The number of rotatable bonds is 0. The summed E-state index contributed by atoms with van der Waals surface area (Å²) in [5.41, 5.74) is 20.3. The Morgan fingerprint density at radius 1 is 0.510 bits per heavy atom. The van der Waals surface area contributed by atoms with Gasteiger partial charge in [-0.3, -0.25) is 0 Å². The molecule has 0 N–H and O–H groups in total. The summed E-state index contributed by atoms with van der Waals surface area (Å²) in [6, 6.07) is 48.8. The van der Waals surface area contributed by atoms with Crippen molar-refractivity contribution in [2.24, 2.45) is 0 Å². The summed E-state index contributed by atoms with van der Waals surface area (Å²) in [5.74, 6) is 0. The predicted molar refractivity (Wildman–Crippen MR) is 207 cm³/mol. The highest BCUT2D eigenvalue weighted by molar-refractivity contribution is 6.90. The Morgan fingerprint density at radius 2 is 1.18 bits per heavy atom. The molecule has 12 rings (SSSR count). The lowest BCUT2D eigenvalue weighted by Gasteiger charge is -2.49. The number of fused-ring (bicyclic) bond motifs is 14. The Kier molecular flexibility index (Phi) is 4.51. The van der Waals surface area contributed by atoms with Gasteiger partial charge in [0.25, 0.3) is 0 Å². The quantitative estimate of drug-likeness (QED) is 0.153. The second-order valence-corrected chi connectivity index (χ2v) is 15.7. The lowest BCUT2D eigenvalue weighted by Crippen LogP contribution is -2.58. The minimum absolute atomic E-state index is 0.0366. The molecule has 8 aromatic rings. The molecule has 1 aromatic heterocycles. The van der Waals surface area contributed by atoms with Crippen molar-refractivity contribution in [2.45, 2.75) is 38.5 Å². The van der Waals surface area contributed by atoms with Crippen molar-refractivity contribution >= 4 is 67.4 Å². The molecule has 0 saturated carbocycles. The smallest absolute Gasteiger partial charge is 0.333 e. The largest absolute Gasteiger partial charge is 0.375 e. The Hall–Kier alpha value is -5.54. The monoisotopic (exact) mass is 624 g/mol. The average Bonchev–Trinajstić information content (AvgIpc) is 3.56. The van der Waals surface area contributed by atoms with Crippen LogP contribution in [0.5, 0.6) is 0 Å². The second-order valence-electron chi connectivity index (χ2n) is 15.7. The Morgan fingerprint density at radius 3 is 2.04 bits per heavy atom. The topological polar surface area (TPSA) is 8.17 Å². The van der Waals surface area contributed by atoms with Crippen molar-refractivity contribution in [1.82, 2.24) is 4.48 Å². The molecule has 0 radical (unpaired) electrons. The summed E-state index contributed by atoms with van der Waals surface area (Å²) in [5, 5.41) is 5.25. The van der Waals surface area contributed by atoms with E-state index in [4.69, 9.17) is 0 Å². The summed E-state index contributed by atoms with van der Waals surface area (Å²) in [6.07, 6.45) is 0. The van der Waals surface area contributed by atoms with Crippen molar-refractivity contribution in [3.63, 3.8) is 0 Å². The third kappa shape index (κ3) is 2.88. The van der Waals surface area contributed by atoms with Crippen molar-refractivity contribution in [3.8, 4) is 22.3 Å². The van der Waals surface area contributed by atoms with Gasteiger partial charge in [-0.15, -0.1) is 0 Å². The number of anilines is 3. The van der Waals surface area contributed by atoms with Gasteiger partial charge < -0.3 is 9.38 Å². The molecular weight excluding hydrogens is 591 g/mol. The van der Waals surface area contributed by atoms with Crippen LogP contribution in [0.3, 0.4) is 0 Å². The van der Waals surface area contributed by atoms with Gasteiger partial charge in [0.15, 0.2) is 0 Å². The Bertz CT molecular complexity index is 2850. The number of hydrogen-bond donors (Lipinski definition) is 0. The van der Waals surface area contributed by atoms with E-state index >= 15 is 0 Å². The predicted octanol–water partition coefficient (Wildman–Crippen LogP) is 10.3. The van der Waals surface area contributed by atoms with Crippen LogP contribution in [0, 0.1) is 0 Å². The van der Waals surface area contributed by atoms with Crippen molar-refractivity contribution < 1.29 is 0 Å². The van der Waals surface area contributed by atoms with Gasteiger partial charge in [-0.25, -0.2) is 0 Å². The summed E-state index contributed by atoms with van der Waals surface area (Å²) in [7, 11) is 0. The van der Waals surface area contributed by atoms with Crippen LogP contribution in [0.25, 0.3) is 54.8 Å². The summed E-state index contributed by atoms with van der Waals surface area (Å²) in [4.78, 5) is 2.68. The fourth-order valence-electron chi connectivity index (χ4n) is 10.5. The zero-order valence-electron chi connectivity index (χ0n) is 28.1. The Balaban J connectivity index is 1.34. The van der Waals surface area contributed by atoms with Gasteiger partial charge in [0, 0.05) is 49.5 Å². The molecule has 2 nitrogen and oxygen atoms in total. The number of aromatic nitrogens is 1. The normalized spacial score (nSPS) is 16.4. The lowest BCUT2D eigenvalue weighted by molar-refractivity contribution is 0.632. The van der Waals surface area contributed by atoms with Gasteiger partial charge in [-0.2, -0.15) is 0 Å². The third-order valence-electron chi connectivity index (χ3n) is 12.7. The first-order chi connectivity index (χ1) is 23.9. The SMILES string of the molecule is CC1(C)c2ccccc2-c2c1cc1c3c2N2c4ccccc4C(C)(C)c4cccc(c42)B3n2c3cc4ccccc4cc3c3cccc-1c32. The van der Waals surface area contributed by atoms with Crippen LogP contribution in [0.1, 0.15) is 49.9 Å². The highest BCUT2D eigenvalue weighted by atomic mass is 15.2. The fraction of sp³-hybridized carbons (Fsp3) is 0.130. The molecule has 0 atom stereocenters. The molecule has 3 heteroatoms. The standard InChI is InChI=1S/C46H33BN2/c1-45(2)33-18-8-7-15-30(33)40-36(45)25-32-29-17-11-16-28-31-23-26-13-5-6-14-27(26)24-39(31)49(42(28)29)47-37-21-12-20-35-43(37)48(44(40)41(32)47)38-22-10-9-19-34(38)46(35,3)4/h5-25H,1-4H3. The van der Waals surface area contributed by atoms with E-state index in [-0.39, 0.29) is 17.7 Å². The molecule has 0 unspecified atom stereocenters. The lowest BCUT2D eigenvalue weighted by atomic mass is 9.43. The fourth-order valence-corrected chi connectivity index (χ4v) is 10.5. The van der Waals surface area contributed by atoms with E-state index in [1.54, 1.807) is 0 Å². The number of nitrogens with zero attached hydrogens (tertiary/aromatic N) is 2. The zero-order chi connectivity index (χ0) is 32.6. The van der Waals surface area contributed by atoms with E-state index in [1.165, 1.54) is 105 Å². The molecule has 230 valence electrons. The zero-order valence-corrected chi connectivity index (χ0v) is 28.1. The van der Waals surface area contributed by atoms with Crippen LogP contribution in [0.15, 0.2) is 127 Å². The van der Waals surface area contributed by atoms with Gasteiger partial charge >= 0.3 is 6.85 Å². The van der Waals surface area contributed by atoms with Crippen LogP contribution >= 0.6 is 0 Å². The minimum Gasteiger partial charge on any atom is -0.375 e. The van der Waals surface area contributed by atoms with Gasteiger partial charge in [-0.05, 0) is 79.3 Å². The minimum atomic E-state index is -0.148. The molecule has 0 saturated heterocycles. The maximum Gasteiger partial charge on any atom is 0.333 e. The molecule has 4 aliphatic rings. The van der Waals surface area contributed by atoms with Crippen molar-refractivity contribution in [2.75, 3.05) is 4.90 Å². The number of hydrogen-bond acceptors (Lipinski definition) is 1. The number of para-hydroxylation sites is 3. The molecule has 0 bridgehead atoms. The van der Waals surface area contributed by atoms with Crippen LogP contribution in [-0.2, 0) is 10.8 Å². The van der Waals surface area contributed by atoms with Gasteiger partial charge in [0.2, 0.25) is 0 Å².